The molecule has 0 bridgehead atoms. The van der Waals surface area contributed by atoms with Crippen LogP contribution in [0.4, 0.5) is 0 Å². The van der Waals surface area contributed by atoms with Crippen LogP contribution in [0.3, 0.4) is 0 Å². The first-order chi connectivity index (χ1) is 8.33. The highest BCUT2D eigenvalue weighted by Crippen LogP contribution is 2.28. The minimum absolute atomic E-state index is 0.584. The summed E-state index contributed by atoms with van der Waals surface area (Å²) in [6.45, 7) is 1.64. The van der Waals surface area contributed by atoms with Gasteiger partial charge in [-0.15, -0.1) is 0 Å². The molecular weight excluding hydrogens is 214 g/mol. The van der Waals surface area contributed by atoms with E-state index in [-0.39, 0.29) is 0 Å². The molecule has 4 heteroatoms. The molecule has 0 aromatic carbocycles. The van der Waals surface area contributed by atoms with Crippen LogP contribution in [-0.4, -0.2) is 29.6 Å². The van der Waals surface area contributed by atoms with Crippen molar-refractivity contribution in [3.8, 4) is 11.9 Å². The lowest BCUT2D eigenvalue weighted by molar-refractivity contribution is 0.256. The molecular formula is C13H17N3O. The van der Waals surface area contributed by atoms with Crippen LogP contribution in [-0.2, 0) is 6.54 Å². The summed E-state index contributed by atoms with van der Waals surface area (Å²) in [5.74, 6) is 0.651. The van der Waals surface area contributed by atoms with Crippen LogP contribution in [0.2, 0.25) is 0 Å². The lowest BCUT2D eigenvalue weighted by Crippen LogP contribution is -2.27. The Labute approximate surface area is 102 Å². The standard InChI is InChI=1S/C13H17N3O/c1-17-13-5-2-4-11(15-13)10-16(9-3-8-14)12-6-7-12/h2,4-5,12H,3,6-7,9-10H2,1H3. The van der Waals surface area contributed by atoms with E-state index in [0.29, 0.717) is 18.3 Å². The van der Waals surface area contributed by atoms with E-state index in [0.717, 1.165) is 18.8 Å². The van der Waals surface area contributed by atoms with E-state index >= 15 is 0 Å². The first-order valence-electron chi connectivity index (χ1n) is 5.94. The molecule has 1 aromatic rings. The molecule has 1 aliphatic carbocycles. The summed E-state index contributed by atoms with van der Waals surface area (Å²) in [5.41, 5.74) is 1.01. The highest BCUT2D eigenvalue weighted by Gasteiger charge is 2.28. The molecule has 2 rings (SSSR count). The molecule has 1 fully saturated rings. The molecule has 17 heavy (non-hydrogen) atoms. The van der Waals surface area contributed by atoms with Crippen LogP contribution < -0.4 is 4.74 Å². The van der Waals surface area contributed by atoms with E-state index < -0.39 is 0 Å². The van der Waals surface area contributed by atoms with Crippen molar-refractivity contribution < 1.29 is 4.74 Å². The molecule has 0 atom stereocenters. The van der Waals surface area contributed by atoms with E-state index in [9.17, 15) is 0 Å². The molecule has 0 radical (unpaired) electrons. The van der Waals surface area contributed by atoms with Crippen molar-refractivity contribution in [2.75, 3.05) is 13.7 Å². The van der Waals surface area contributed by atoms with Crippen molar-refractivity contribution in [3.05, 3.63) is 23.9 Å². The minimum atomic E-state index is 0.584. The van der Waals surface area contributed by atoms with Gasteiger partial charge < -0.3 is 4.74 Å². The zero-order valence-corrected chi connectivity index (χ0v) is 10.1. The third-order valence-electron chi connectivity index (χ3n) is 2.93. The number of methoxy groups -OCH3 is 1. The number of ether oxygens (including phenoxy) is 1. The molecule has 0 N–H and O–H groups in total. The van der Waals surface area contributed by atoms with Gasteiger partial charge in [-0.25, -0.2) is 4.98 Å². The second kappa shape index (κ2) is 5.65. The van der Waals surface area contributed by atoms with E-state index in [4.69, 9.17) is 10.00 Å². The van der Waals surface area contributed by atoms with Crippen molar-refractivity contribution in [1.82, 2.24) is 9.88 Å². The van der Waals surface area contributed by atoms with Crippen LogP contribution >= 0.6 is 0 Å². The maximum absolute atomic E-state index is 8.65. The van der Waals surface area contributed by atoms with Gasteiger partial charge in [0.1, 0.15) is 0 Å². The van der Waals surface area contributed by atoms with E-state index in [2.05, 4.69) is 16.0 Å². The van der Waals surface area contributed by atoms with Gasteiger partial charge in [0.2, 0.25) is 5.88 Å². The molecule has 1 heterocycles. The molecule has 0 aliphatic heterocycles. The number of aromatic nitrogens is 1. The fraction of sp³-hybridized carbons (Fsp3) is 0.538. The minimum Gasteiger partial charge on any atom is -0.481 e. The average Bonchev–Trinajstić information content (AvgIpc) is 3.19. The molecule has 1 aromatic heterocycles. The zero-order valence-electron chi connectivity index (χ0n) is 10.1. The van der Waals surface area contributed by atoms with Gasteiger partial charge in [-0.05, 0) is 18.9 Å². The third kappa shape index (κ3) is 3.43. The number of hydrogen-bond acceptors (Lipinski definition) is 4. The fourth-order valence-electron chi connectivity index (χ4n) is 1.89. The number of nitrogens with zero attached hydrogens (tertiary/aromatic N) is 3. The number of pyridine rings is 1. The van der Waals surface area contributed by atoms with Gasteiger partial charge >= 0.3 is 0 Å². The summed E-state index contributed by atoms with van der Waals surface area (Å²) in [6, 6.07) is 8.66. The van der Waals surface area contributed by atoms with Gasteiger partial charge in [-0.1, -0.05) is 6.07 Å². The van der Waals surface area contributed by atoms with Gasteiger partial charge in [-0.2, -0.15) is 5.26 Å². The van der Waals surface area contributed by atoms with Gasteiger partial charge in [0.15, 0.2) is 0 Å². The molecule has 0 unspecified atom stereocenters. The van der Waals surface area contributed by atoms with Crippen molar-refractivity contribution in [2.45, 2.75) is 31.8 Å². The van der Waals surface area contributed by atoms with Crippen molar-refractivity contribution in [1.29, 1.82) is 5.26 Å². The monoisotopic (exact) mass is 231 g/mol. The van der Waals surface area contributed by atoms with Gasteiger partial charge in [-0.3, -0.25) is 4.90 Å². The summed E-state index contributed by atoms with van der Waals surface area (Å²) < 4.78 is 5.11. The van der Waals surface area contributed by atoms with E-state index in [1.807, 2.05) is 18.2 Å². The van der Waals surface area contributed by atoms with Crippen molar-refractivity contribution in [3.63, 3.8) is 0 Å². The topological polar surface area (TPSA) is 49.1 Å². The Bertz CT molecular complexity index is 409. The Kier molecular flexibility index (Phi) is 3.94. The Balaban J connectivity index is 1.98. The van der Waals surface area contributed by atoms with E-state index in [1.54, 1.807) is 7.11 Å². The van der Waals surface area contributed by atoms with Gasteiger partial charge in [0.25, 0.3) is 0 Å². The van der Waals surface area contributed by atoms with Crippen LogP contribution in [0.1, 0.15) is 25.0 Å². The highest BCUT2D eigenvalue weighted by atomic mass is 16.5. The summed E-state index contributed by atoms with van der Waals surface area (Å²) >= 11 is 0. The molecule has 1 saturated carbocycles. The largest absolute Gasteiger partial charge is 0.481 e. The SMILES string of the molecule is COc1cccc(CN(CCC#N)C2CC2)n1. The predicted molar refractivity (Wildman–Crippen MR) is 64.5 cm³/mol. The lowest BCUT2D eigenvalue weighted by atomic mass is 10.3. The molecule has 4 nitrogen and oxygen atoms in total. The Morgan fingerprint density at radius 2 is 2.35 bits per heavy atom. The average molecular weight is 231 g/mol. The Hall–Kier alpha value is -1.60. The summed E-state index contributed by atoms with van der Waals surface area (Å²) in [7, 11) is 1.63. The van der Waals surface area contributed by atoms with Crippen LogP contribution in [0.25, 0.3) is 0 Å². The zero-order chi connectivity index (χ0) is 12.1. The van der Waals surface area contributed by atoms with Crippen LogP contribution in [0.15, 0.2) is 18.2 Å². The van der Waals surface area contributed by atoms with Crippen LogP contribution in [0, 0.1) is 11.3 Å². The maximum atomic E-state index is 8.65. The maximum Gasteiger partial charge on any atom is 0.213 e. The van der Waals surface area contributed by atoms with Gasteiger partial charge in [0, 0.05) is 31.6 Å². The second-order valence-corrected chi connectivity index (χ2v) is 4.28. The summed E-state index contributed by atoms with van der Waals surface area (Å²) in [6.07, 6.45) is 3.07. The van der Waals surface area contributed by atoms with Crippen LogP contribution in [0.5, 0.6) is 5.88 Å². The van der Waals surface area contributed by atoms with Crippen molar-refractivity contribution >= 4 is 0 Å². The fourth-order valence-corrected chi connectivity index (χ4v) is 1.89. The number of hydrogen-bond donors (Lipinski definition) is 0. The third-order valence-corrected chi connectivity index (χ3v) is 2.93. The first kappa shape index (κ1) is 11.9. The number of nitriles is 1. The highest BCUT2D eigenvalue weighted by molar-refractivity contribution is 5.15. The van der Waals surface area contributed by atoms with Gasteiger partial charge in [0.05, 0.1) is 18.9 Å². The normalized spacial score (nSPS) is 14.6. The predicted octanol–water partition coefficient (Wildman–Crippen LogP) is 1.97. The molecule has 0 amide bonds. The summed E-state index contributed by atoms with van der Waals surface area (Å²) in [5, 5.41) is 8.65. The van der Waals surface area contributed by atoms with E-state index in [1.165, 1.54) is 12.8 Å². The molecule has 0 saturated heterocycles. The number of rotatable bonds is 6. The Morgan fingerprint density at radius 3 is 3.00 bits per heavy atom. The molecule has 90 valence electrons. The second-order valence-electron chi connectivity index (χ2n) is 4.28. The summed E-state index contributed by atoms with van der Waals surface area (Å²) in [4.78, 5) is 6.74. The molecule has 1 aliphatic rings. The first-order valence-corrected chi connectivity index (χ1v) is 5.94. The van der Waals surface area contributed by atoms with Crippen molar-refractivity contribution in [2.24, 2.45) is 0 Å². The Morgan fingerprint density at radius 1 is 1.53 bits per heavy atom. The lowest BCUT2D eigenvalue weighted by Gasteiger charge is -2.20. The molecule has 0 spiro atoms. The quantitative estimate of drug-likeness (QED) is 0.751. The smallest absolute Gasteiger partial charge is 0.213 e.